The van der Waals surface area contributed by atoms with Crippen molar-refractivity contribution in [1.29, 1.82) is 0 Å². The summed E-state index contributed by atoms with van der Waals surface area (Å²) in [4.78, 5) is 23.5. The van der Waals surface area contributed by atoms with E-state index in [1.165, 1.54) is 30.3 Å². The lowest BCUT2D eigenvalue weighted by Gasteiger charge is -2.08. The molecule has 0 amide bonds. The van der Waals surface area contributed by atoms with E-state index in [0.717, 1.165) is 4.57 Å². The van der Waals surface area contributed by atoms with E-state index >= 15 is 0 Å². The maximum absolute atomic E-state index is 12.5. The van der Waals surface area contributed by atoms with Crippen LogP contribution in [0.4, 0.5) is 5.69 Å². The van der Waals surface area contributed by atoms with Crippen molar-refractivity contribution < 1.29 is 22.4 Å². The molecule has 0 radical (unpaired) electrons. The van der Waals surface area contributed by atoms with Crippen LogP contribution < -0.4 is 10.5 Å². The third-order valence-corrected chi connectivity index (χ3v) is 5.27. The number of oxazole rings is 1. The van der Waals surface area contributed by atoms with Gasteiger partial charge in [0.05, 0.1) is 17.0 Å². The van der Waals surface area contributed by atoms with Crippen LogP contribution in [0.2, 0.25) is 5.02 Å². The van der Waals surface area contributed by atoms with Crippen molar-refractivity contribution >= 4 is 44.4 Å². The number of halogens is 1. The highest BCUT2D eigenvalue weighted by Crippen LogP contribution is 2.22. The summed E-state index contributed by atoms with van der Waals surface area (Å²) in [6.07, 6.45) is 0. The molecule has 3 rings (SSSR count). The second-order valence-corrected chi connectivity index (χ2v) is 7.62. The van der Waals surface area contributed by atoms with Gasteiger partial charge >= 0.3 is 11.7 Å². The van der Waals surface area contributed by atoms with Crippen LogP contribution >= 0.6 is 11.6 Å². The molecule has 0 aliphatic rings. The smallest absolute Gasteiger partial charge is 0.420 e. The van der Waals surface area contributed by atoms with Crippen molar-refractivity contribution in [3.63, 3.8) is 0 Å². The first kappa shape index (κ1) is 19.0. The first-order valence-electron chi connectivity index (χ1n) is 7.87. The molecule has 142 valence electrons. The Balaban J connectivity index is 1.93. The zero-order valence-corrected chi connectivity index (χ0v) is 15.7. The summed E-state index contributed by atoms with van der Waals surface area (Å²) in [5, 5.41) is 0.476. The summed E-state index contributed by atoms with van der Waals surface area (Å²) in [5.41, 5.74) is 0.669. The van der Waals surface area contributed by atoms with Crippen molar-refractivity contribution in [2.45, 2.75) is 18.4 Å². The van der Waals surface area contributed by atoms with Crippen molar-refractivity contribution in [3.05, 3.63) is 58.0 Å². The zero-order chi connectivity index (χ0) is 19.6. The summed E-state index contributed by atoms with van der Waals surface area (Å²) >= 11 is 5.78. The minimum absolute atomic E-state index is 0.0447. The summed E-state index contributed by atoms with van der Waals surface area (Å²) in [5.74, 6) is -1.37. The monoisotopic (exact) mass is 410 g/mol. The topological polar surface area (TPSA) is 108 Å². The SMILES string of the molecule is CCOC(=O)Cn1c(=O)oc2cc(S(=O)(=O)Nc3ccc(Cl)cc3)ccc21. The van der Waals surface area contributed by atoms with Crippen molar-refractivity contribution in [3.8, 4) is 0 Å². The van der Waals surface area contributed by atoms with Crippen molar-refractivity contribution in [2.75, 3.05) is 11.3 Å². The quantitative estimate of drug-likeness (QED) is 0.626. The number of nitrogens with one attached hydrogen (secondary N) is 1. The summed E-state index contributed by atoms with van der Waals surface area (Å²) in [6, 6.07) is 10.1. The first-order chi connectivity index (χ1) is 12.8. The number of anilines is 1. The molecule has 0 spiro atoms. The van der Waals surface area contributed by atoms with Crippen LogP contribution in [-0.2, 0) is 26.1 Å². The number of ether oxygens (including phenoxy) is 1. The third kappa shape index (κ3) is 4.15. The minimum Gasteiger partial charge on any atom is -0.465 e. The molecular weight excluding hydrogens is 396 g/mol. The number of nitrogens with zero attached hydrogens (tertiary/aromatic N) is 1. The van der Waals surface area contributed by atoms with Gasteiger partial charge in [0, 0.05) is 16.8 Å². The van der Waals surface area contributed by atoms with Gasteiger partial charge in [0.15, 0.2) is 5.58 Å². The van der Waals surface area contributed by atoms with Gasteiger partial charge in [0.25, 0.3) is 10.0 Å². The van der Waals surface area contributed by atoms with E-state index in [-0.39, 0.29) is 23.6 Å². The van der Waals surface area contributed by atoms with Crippen LogP contribution in [0, 0.1) is 0 Å². The Morgan fingerprint density at radius 2 is 1.93 bits per heavy atom. The third-order valence-electron chi connectivity index (χ3n) is 3.64. The Morgan fingerprint density at radius 1 is 1.22 bits per heavy atom. The number of sulfonamides is 1. The molecule has 10 heteroatoms. The Bertz CT molecular complexity index is 1150. The molecule has 0 aliphatic heterocycles. The normalized spacial score (nSPS) is 11.5. The van der Waals surface area contributed by atoms with E-state index in [0.29, 0.717) is 16.2 Å². The van der Waals surface area contributed by atoms with Gasteiger partial charge in [-0.1, -0.05) is 11.6 Å². The van der Waals surface area contributed by atoms with Crippen molar-refractivity contribution in [2.24, 2.45) is 0 Å². The van der Waals surface area contributed by atoms with E-state index in [4.69, 9.17) is 20.8 Å². The van der Waals surface area contributed by atoms with Crippen LogP contribution in [0.5, 0.6) is 0 Å². The number of rotatable bonds is 6. The fourth-order valence-electron chi connectivity index (χ4n) is 2.43. The Kier molecular flexibility index (Phi) is 5.24. The molecule has 3 aromatic rings. The van der Waals surface area contributed by atoms with Gasteiger partial charge in [-0.2, -0.15) is 0 Å². The molecule has 1 heterocycles. The van der Waals surface area contributed by atoms with Crippen LogP contribution in [0.3, 0.4) is 0 Å². The largest absolute Gasteiger partial charge is 0.465 e. The summed E-state index contributed by atoms with van der Waals surface area (Å²) in [6.45, 7) is 1.51. The lowest BCUT2D eigenvalue weighted by Crippen LogP contribution is -2.21. The summed E-state index contributed by atoms with van der Waals surface area (Å²) in [7, 11) is -3.91. The number of hydrogen-bond donors (Lipinski definition) is 1. The number of benzene rings is 2. The van der Waals surface area contributed by atoms with E-state index in [1.807, 2.05) is 0 Å². The molecule has 1 N–H and O–H groups in total. The molecular formula is C17H15ClN2O6S. The molecule has 0 saturated carbocycles. The lowest BCUT2D eigenvalue weighted by atomic mass is 10.3. The number of esters is 1. The fourth-order valence-corrected chi connectivity index (χ4v) is 3.63. The number of carbonyl (C=O) groups is 1. The van der Waals surface area contributed by atoms with E-state index in [9.17, 15) is 18.0 Å². The maximum atomic E-state index is 12.5. The van der Waals surface area contributed by atoms with Crippen LogP contribution in [-0.4, -0.2) is 25.6 Å². The number of hydrogen-bond acceptors (Lipinski definition) is 6. The molecule has 8 nitrogen and oxygen atoms in total. The predicted octanol–water partition coefficient (Wildman–Crippen LogP) is 2.61. The lowest BCUT2D eigenvalue weighted by molar-refractivity contribution is -0.143. The minimum atomic E-state index is -3.91. The van der Waals surface area contributed by atoms with E-state index in [2.05, 4.69) is 4.72 Å². The average molecular weight is 411 g/mol. The van der Waals surface area contributed by atoms with Gasteiger partial charge in [0.2, 0.25) is 0 Å². The van der Waals surface area contributed by atoms with Crippen LogP contribution in [0.25, 0.3) is 11.1 Å². The van der Waals surface area contributed by atoms with E-state index < -0.39 is 21.7 Å². The standard InChI is InChI=1S/C17H15ClN2O6S/c1-2-25-16(21)10-20-14-8-7-13(9-15(14)26-17(20)22)27(23,24)19-12-5-3-11(18)4-6-12/h3-9,19H,2,10H2,1H3. The fraction of sp³-hybridized carbons (Fsp3) is 0.176. The second-order valence-electron chi connectivity index (χ2n) is 5.50. The summed E-state index contributed by atoms with van der Waals surface area (Å²) < 4.78 is 38.5. The molecule has 2 aromatic carbocycles. The van der Waals surface area contributed by atoms with Crippen LogP contribution in [0.1, 0.15) is 6.92 Å². The number of aromatic nitrogens is 1. The molecule has 0 unspecified atom stereocenters. The highest BCUT2D eigenvalue weighted by atomic mass is 35.5. The number of carbonyl (C=O) groups excluding carboxylic acids is 1. The zero-order valence-electron chi connectivity index (χ0n) is 14.1. The van der Waals surface area contributed by atoms with Crippen LogP contribution in [0.15, 0.2) is 56.6 Å². The van der Waals surface area contributed by atoms with Gasteiger partial charge in [-0.05, 0) is 43.3 Å². The van der Waals surface area contributed by atoms with Gasteiger partial charge in [0.1, 0.15) is 6.54 Å². The Morgan fingerprint density at radius 3 is 2.59 bits per heavy atom. The molecule has 0 fully saturated rings. The molecule has 1 aromatic heterocycles. The average Bonchev–Trinajstić information content (AvgIpc) is 2.92. The molecule has 0 saturated heterocycles. The van der Waals surface area contributed by atoms with Gasteiger partial charge < -0.3 is 9.15 Å². The Labute approximate surface area is 159 Å². The first-order valence-corrected chi connectivity index (χ1v) is 9.73. The highest BCUT2D eigenvalue weighted by molar-refractivity contribution is 7.92. The highest BCUT2D eigenvalue weighted by Gasteiger charge is 2.19. The van der Waals surface area contributed by atoms with Gasteiger partial charge in [-0.25, -0.2) is 13.2 Å². The van der Waals surface area contributed by atoms with Gasteiger partial charge in [-0.15, -0.1) is 0 Å². The van der Waals surface area contributed by atoms with Gasteiger partial charge in [-0.3, -0.25) is 14.1 Å². The number of fused-ring (bicyclic) bond motifs is 1. The Hall–Kier alpha value is -2.78. The second kappa shape index (κ2) is 7.45. The molecule has 27 heavy (non-hydrogen) atoms. The maximum Gasteiger partial charge on any atom is 0.420 e. The molecule has 0 bridgehead atoms. The van der Waals surface area contributed by atoms with E-state index in [1.54, 1.807) is 19.1 Å². The molecule has 0 aliphatic carbocycles. The predicted molar refractivity (Wildman–Crippen MR) is 99.4 cm³/mol. The molecule has 0 atom stereocenters. The van der Waals surface area contributed by atoms with Crippen molar-refractivity contribution in [1.82, 2.24) is 4.57 Å².